The van der Waals surface area contributed by atoms with Crippen LogP contribution < -0.4 is 25.7 Å². The number of ether oxygens (including phenoxy) is 3. The SMILES string of the molecule is COc1cc(Cc2cnc(N)nc2N)cc(OC)c1OCCCC(=O)CCC1=[N+]2C(=C(C)c3c(C)cc(C)n3C[B-]2(F)[18F])C=C1. The number of nitrogen functional groups attached to an aromatic ring is 2. The maximum atomic E-state index is 15.7. The van der Waals surface area contributed by atoms with E-state index in [1.807, 2.05) is 39.0 Å². The zero-order valence-corrected chi connectivity index (χ0v) is 26.3. The Morgan fingerprint density at radius 1 is 1.07 bits per heavy atom. The highest BCUT2D eigenvalue weighted by Gasteiger charge is 2.48. The lowest BCUT2D eigenvalue weighted by molar-refractivity contribution is -0.358. The molecule has 10 nitrogen and oxygen atoms in total. The Hall–Kier alpha value is -4.68. The van der Waals surface area contributed by atoms with Crippen molar-refractivity contribution in [2.24, 2.45) is 0 Å². The van der Waals surface area contributed by atoms with E-state index >= 15 is 8.63 Å². The molecule has 1 unspecified atom stereocenters. The number of carbonyl (C=O) groups is 1. The second-order valence-electron chi connectivity index (χ2n) is 11.5. The van der Waals surface area contributed by atoms with Gasteiger partial charge < -0.3 is 43.4 Å². The number of nitrogens with zero attached hydrogens (tertiary/aromatic N) is 4. The van der Waals surface area contributed by atoms with Crippen LogP contribution >= 0.6 is 0 Å². The molecule has 4 heterocycles. The lowest BCUT2D eigenvalue weighted by Gasteiger charge is -2.22. The van der Waals surface area contributed by atoms with Gasteiger partial charge in [-0.25, -0.2) is 4.98 Å². The highest BCUT2D eigenvalue weighted by Crippen LogP contribution is 2.40. The first kappa shape index (κ1) is 31.7. The van der Waals surface area contributed by atoms with Gasteiger partial charge in [-0.1, -0.05) is 0 Å². The molecule has 0 saturated heterocycles. The van der Waals surface area contributed by atoms with Crippen molar-refractivity contribution in [3.05, 3.63) is 70.3 Å². The minimum atomic E-state index is -3.91. The van der Waals surface area contributed by atoms with Crippen LogP contribution in [-0.4, -0.2) is 58.2 Å². The second kappa shape index (κ2) is 12.7. The van der Waals surface area contributed by atoms with Gasteiger partial charge >= 0.3 is 6.84 Å². The Kier molecular flexibility index (Phi) is 8.99. The summed E-state index contributed by atoms with van der Waals surface area (Å²) in [7, 11) is 3.06. The summed E-state index contributed by atoms with van der Waals surface area (Å²) < 4.78 is 51.3. The van der Waals surface area contributed by atoms with E-state index in [-0.39, 0.29) is 44.0 Å². The largest absolute Gasteiger partial charge is 0.632 e. The number of hydrogen-bond donors (Lipinski definition) is 2. The highest BCUT2D eigenvalue weighted by molar-refractivity contribution is 6.57. The zero-order valence-electron chi connectivity index (χ0n) is 26.3. The Morgan fingerprint density at radius 3 is 2.44 bits per heavy atom. The van der Waals surface area contributed by atoms with E-state index < -0.39 is 6.84 Å². The summed E-state index contributed by atoms with van der Waals surface area (Å²) in [4.78, 5) is 20.8. The number of benzene rings is 1. The van der Waals surface area contributed by atoms with Gasteiger partial charge in [-0.2, -0.15) is 4.98 Å². The summed E-state index contributed by atoms with van der Waals surface area (Å²) >= 11 is 0. The molecule has 2 aliphatic heterocycles. The van der Waals surface area contributed by atoms with Gasteiger partial charge in [0.05, 0.1) is 26.5 Å². The van der Waals surface area contributed by atoms with E-state index in [0.29, 0.717) is 52.9 Å². The zero-order chi connectivity index (χ0) is 32.5. The van der Waals surface area contributed by atoms with Gasteiger partial charge in [0.25, 0.3) is 0 Å². The summed E-state index contributed by atoms with van der Waals surface area (Å²) in [6.45, 7) is 2.02. The van der Waals surface area contributed by atoms with Crippen molar-refractivity contribution in [2.45, 2.75) is 59.3 Å². The quantitative estimate of drug-likeness (QED) is 0.213. The Labute approximate surface area is 261 Å². The van der Waals surface area contributed by atoms with E-state index in [1.54, 1.807) is 22.9 Å². The maximum Gasteiger partial charge on any atom is 0.632 e. The predicted octanol–water partition coefficient (Wildman–Crippen LogP) is 5.06. The number of ketones is 1. The molecule has 1 atom stereocenters. The molecule has 2 aliphatic rings. The minimum Gasteiger partial charge on any atom is -0.493 e. The number of carbonyl (C=O) groups excluding carboxylic acids is 1. The number of nitrogens with two attached hydrogens (primary N) is 2. The number of methoxy groups -OCH3 is 2. The molecule has 5 rings (SSSR count). The molecule has 0 spiro atoms. The summed E-state index contributed by atoms with van der Waals surface area (Å²) in [6, 6.07) is 5.58. The topological polar surface area (TPSA) is 131 Å². The second-order valence-corrected chi connectivity index (χ2v) is 11.5. The van der Waals surface area contributed by atoms with Crippen LogP contribution in [0.25, 0.3) is 5.57 Å². The van der Waals surface area contributed by atoms with Crippen molar-refractivity contribution in [1.82, 2.24) is 14.5 Å². The van der Waals surface area contributed by atoms with Crippen molar-refractivity contribution >= 4 is 35.7 Å². The summed E-state index contributed by atoms with van der Waals surface area (Å²) in [5, 5.41) is 0. The maximum absolute atomic E-state index is 15.7. The van der Waals surface area contributed by atoms with Gasteiger partial charge in [-0.3, -0.25) is 4.79 Å². The normalized spacial score (nSPS) is 17.3. The Bertz CT molecular complexity index is 1720. The molecule has 3 aromatic rings. The number of anilines is 2. The number of Topliss-reactive ketones (excluding diaryl/α,β-unsaturated/α-hetero) is 1. The van der Waals surface area contributed by atoms with Crippen LogP contribution in [0.1, 0.15) is 60.7 Å². The van der Waals surface area contributed by atoms with Crippen molar-refractivity contribution < 1.29 is 32.1 Å². The van der Waals surface area contributed by atoms with E-state index in [2.05, 4.69) is 9.97 Å². The average molecular weight is 620 g/mol. The number of aromatic nitrogens is 3. The number of rotatable bonds is 12. The number of halogens is 2. The fraction of sp³-hybridized carbons (Fsp3) is 0.375. The van der Waals surface area contributed by atoms with Gasteiger partial charge in [0.15, 0.2) is 17.2 Å². The van der Waals surface area contributed by atoms with Crippen LogP contribution in [0, 0.1) is 13.8 Å². The van der Waals surface area contributed by atoms with Gasteiger partial charge in [0, 0.05) is 67.3 Å². The highest BCUT2D eigenvalue weighted by atomic mass is 19.1. The first-order valence-corrected chi connectivity index (χ1v) is 14.9. The number of aryl methyl sites for hydroxylation is 2. The fourth-order valence-electron chi connectivity index (χ4n) is 6.26. The summed E-state index contributed by atoms with van der Waals surface area (Å²) in [5.74, 6) is 1.72. The molecule has 13 heteroatoms. The van der Waals surface area contributed by atoms with Crippen molar-refractivity contribution in [1.29, 1.82) is 0 Å². The molecule has 4 N–H and O–H groups in total. The molecule has 0 bridgehead atoms. The molecule has 0 fully saturated rings. The Balaban J connectivity index is 1.20. The van der Waals surface area contributed by atoms with Crippen LogP contribution in [0.4, 0.5) is 20.4 Å². The van der Waals surface area contributed by atoms with Crippen molar-refractivity contribution in [2.75, 3.05) is 32.3 Å². The third kappa shape index (κ3) is 6.43. The van der Waals surface area contributed by atoms with Crippen LogP contribution in [0.15, 0.2) is 42.2 Å². The molecule has 0 aliphatic carbocycles. The smallest absolute Gasteiger partial charge is 0.493 e. The molecule has 45 heavy (non-hydrogen) atoms. The summed E-state index contributed by atoms with van der Waals surface area (Å²) in [6.07, 6.45) is 6.20. The van der Waals surface area contributed by atoms with E-state index in [9.17, 15) is 4.79 Å². The van der Waals surface area contributed by atoms with Gasteiger partial charge in [0.2, 0.25) is 11.7 Å². The van der Waals surface area contributed by atoms with Gasteiger partial charge in [0.1, 0.15) is 17.3 Å². The molecule has 238 valence electrons. The van der Waals surface area contributed by atoms with Crippen LogP contribution in [-0.2, 0) is 17.7 Å². The molecule has 0 radical (unpaired) electrons. The van der Waals surface area contributed by atoms with Gasteiger partial charge in [-0.15, -0.1) is 0 Å². The number of hydrogen-bond acceptors (Lipinski definition) is 8. The Morgan fingerprint density at radius 2 is 1.78 bits per heavy atom. The first-order chi connectivity index (χ1) is 21.4. The molecule has 0 saturated carbocycles. The summed E-state index contributed by atoms with van der Waals surface area (Å²) in [5.41, 5.74) is 17.6. The first-order valence-electron chi connectivity index (χ1n) is 14.9. The fourth-order valence-corrected chi connectivity index (χ4v) is 6.26. The molecule has 2 aromatic heterocycles. The van der Waals surface area contributed by atoms with Crippen LogP contribution in [0.5, 0.6) is 17.2 Å². The third-order valence-corrected chi connectivity index (χ3v) is 8.35. The minimum absolute atomic E-state index is 0.0187. The van der Waals surface area contributed by atoms with E-state index in [4.69, 9.17) is 25.7 Å². The molecular weight excluding hydrogens is 580 g/mol. The monoisotopic (exact) mass is 619 g/mol. The van der Waals surface area contributed by atoms with Crippen molar-refractivity contribution in [3.8, 4) is 17.2 Å². The standard InChI is InChI=1S/C32H39BF2N6O4/c1-19-13-20(2)40-18-33(34,35)41-24(9-11-26(41)21(3)29(19)40)8-10-25(42)7-6-12-45-30-27(43-4)15-22(16-28(30)44-5)14-23-17-38-32(37)39-31(23)36/h9,11,13,15-17H,6-8,10,12,14,18H2,1-5H3,(H4,36,37,38,39)/i34-1. The van der Waals surface area contributed by atoms with Gasteiger partial charge in [-0.05, 0) is 56.5 Å². The number of allylic oxidation sites excluding steroid dienone is 3. The lowest BCUT2D eigenvalue weighted by Crippen LogP contribution is -2.44. The third-order valence-electron chi connectivity index (χ3n) is 8.35. The molecule has 1 aromatic carbocycles. The average Bonchev–Trinajstić information content (AvgIpc) is 3.53. The molecular formula is C32H39BF2N6O4. The lowest BCUT2D eigenvalue weighted by atomic mass is 9.77. The van der Waals surface area contributed by atoms with E-state index in [1.165, 1.54) is 18.7 Å². The predicted molar refractivity (Wildman–Crippen MR) is 171 cm³/mol. The van der Waals surface area contributed by atoms with Crippen LogP contribution in [0.3, 0.4) is 0 Å². The molecule has 0 amide bonds. The van der Waals surface area contributed by atoms with Crippen LogP contribution in [0.2, 0.25) is 0 Å². The van der Waals surface area contributed by atoms with Crippen molar-refractivity contribution in [3.63, 3.8) is 0 Å². The van der Waals surface area contributed by atoms with E-state index in [0.717, 1.165) is 28.1 Å². The number of fused-ring (bicyclic) bond motifs is 2.